The summed E-state index contributed by atoms with van der Waals surface area (Å²) in [5.74, 6) is 0. The summed E-state index contributed by atoms with van der Waals surface area (Å²) in [5, 5.41) is 12.4. The lowest BCUT2D eigenvalue weighted by Gasteiger charge is -2.23. The number of amides is 1. The van der Waals surface area contributed by atoms with Crippen molar-refractivity contribution < 1.29 is 18.3 Å². The zero-order valence-corrected chi connectivity index (χ0v) is 15.7. The van der Waals surface area contributed by atoms with Gasteiger partial charge < -0.3 is 15.0 Å². The quantitative estimate of drug-likeness (QED) is 0.726. The fraction of sp³-hybridized carbons (Fsp3) is 0.250. The minimum Gasteiger partial charge on any atom is -0.465 e. The second kappa shape index (κ2) is 6.42. The molecule has 1 aromatic heterocycles. The number of hydrogen-bond donors (Lipinski definition) is 2. The van der Waals surface area contributed by atoms with Crippen molar-refractivity contribution in [2.24, 2.45) is 7.05 Å². The number of aromatic nitrogens is 1. The Balaban J connectivity index is 1.83. The van der Waals surface area contributed by atoms with Gasteiger partial charge in [0.1, 0.15) is 0 Å². The van der Waals surface area contributed by atoms with Gasteiger partial charge in [-0.15, -0.1) is 0 Å². The number of benzene rings is 2. The Bertz CT molecular complexity index is 1130. The molecule has 1 amide bonds. The molecule has 1 heterocycles. The zero-order valence-electron chi connectivity index (χ0n) is 14.8. The lowest BCUT2D eigenvalue weighted by atomic mass is 9.91. The second-order valence-corrected chi connectivity index (χ2v) is 8.82. The van der Waals surface area contributed by atoms with Gasteiger partial charge in [0.05, 0.1) is 9.79 Å². The predicted octanol–water partition coefficient (Wildman–Crippen LogP) is 3.14. The molecule has 140 valence electrons. The third-order valence-electron chi connectivity index (χ3n) is 5.28. The van der Waals surface area contributed by atoms with Crippen molar-refractivity contribution in [3.8, 4) is 0 Å². The maximum Gasteiger partial charge on any atom is 0.404 e. The minimum absolute atomic E-state index is 0.157. The van der Waals surface area contributed by atoms with Gasteiger partial charge in [-0.05, 0) is 55.2 Å². The van der Waals surface area contributed by atoms with Crippen molar-refractivity contribution in [2.75, 3.05) is 0 Å². The maximum absolute atomic E-state index is 13.0. The van der Waals surface area contributed by atoms with E-state index in [4.69, 9.17) is 5.11 Å². The lowest BCUT2D eigenvalue weighted by Crippen LogP contribution is -2.38. The molecule has 1 atom stereocenters. The third-order valence-corrected chi connectivity index (χ3v) is 7.05. The van der Waals surface area contributed by atoms with Gasteiger partial charge in [-0.1, -0.05) is 18.2 Å². The Morgan fingerprint density at radius 1 is 1.15 bits per heavy atom. The summed E-state index contributed by atoms with van der Waals surface area (Å²) in [7, 11) is -1.63. The molecular formula is C20H20N2O4S. The first-order valence-electron chi connectivity index (χ1n) is 8.77. The van der Waals surface area contributed by atoms with Crippen LogP contribution in [0.2, 0.25) is 0 Å². The molecule has 0 aliphatic heterocycles. The van der Waals surface area contributed by atoms with Gasteiger partial charge in [-0.3, -0.25) is 0 Å². The van der Waals surface area contributed by atoms with Crippen molar-refractivity contribution in [3.63, 3.8) is 0 Å². The molecule has 6 nitrogen and oxygen atoms in total. The minimum atomic E-state index is -3.60. The van der Waals surface area contributed by atoms with Crippen LogP contribution in [0, 0.1) is 0 Å². The molecule has 0 bridgehead atoms. The average molecular weight is 384 g/mol. The van der Waals surface area contributed by atoms with Gasteiger partial charge in [0, 0.05) is 29.7 Å². The topological polar surface area (TPSA) is 88.4 Å². The molecule has 3 aromatic rings. The molecule has 27 heavy (non-hydrogen) atoms. The predicted molar refractivity (Wildman–Crippen MR) is 102 cm³/mol. The molecule has 1 aliphatic rings. The van der Waals surface area contributed by atoms with Gasteiger partial charge in [-0.25, -0.2) is 13.2 Å². The van der Waals surface area contributed by atoms with E-state index in [1.165, 1.54) is 0 Å². The van der Waals surface area contributed by atoms with Gasteiger partial charge in [0.2, 0.25) is 9.84 Å². The largest absolute Gasteiger partial charge is 0.465 e. The molecule has 2 N–H and O–H groups in total. The van der Waals surface area contributed by atoms with Crippen molar-refractivity contribution in [1.29, 1.82) is 0 Å². The van der Waals surface area contributed by atoms with Crippen LogP contribution < -0.4 is 5.32 Å². The molecule has 7 heteroatoms. The number of fused-ring (bicyclic) bond motifs is 3. The van der Waals surface area contributed by atoms with E-state index < -0.39 is 15.9 Å². The number of hydrogen-bond acceptors (Lipinski definition) is 3. The Morgan fingerprint density at radius 2 is 1.89 bits per heavy atom. The molecule has 2 aromatic carbocycles. The van der Waals surface area contributed by atoms with Crippen LogP contribution >= 0.6 is 0 Å². The highest BCUT2D eigenvalue weighted by molar-refractivity contribution is 7.91. The van der Waals surface area contributed by atoms with Crippen LogP contribution in [-0.2, 0) is 29.7 Å². The summed E-state index contributed by atoms with van der Waals surface area (Å²) >= 11 is 0. The SMILES string of the molecule is Cn1c2c(c3cc(S(=O)(=O)c4ccccc4)ccc31)C[C@H](NC(=O)O)CC2. The molecule has 0 radical (unpaired) electrons. The molecule has 1 aliphatic carbocycles. The second-order valence-electron chi connectivity index (χ2n) is 6.87. The number of nitrogens with zero attached hydrogens (tertiary/aromatic N) is 1. The highest BCUT2D eigenvalue weighted by atomic mass is 32.2. The summed E-state index contributed by atoms with van der Waals surface area (Å²) in [5.41, 5.74) is 3.13. The Morgan fingerprint density at radius 3 is 2.59 bits per heavy atom. The highest BCUT2D eigenvalue weighted by Crippen LogP contribution is 2.34. The van der Waals surface area contributed by atoms with Gasteiger partial charge >= 0.3 is 6.09 Å². The van der Waals surface area contributed by atoms with Crippen molar-refractivity contribution in [2.45, 2.75) is 35.1 Å². The van der Waals surface area contributed by atoms with Crippen LogP contribution in [0.3, 0.4) is 0 Å². The first kappa shape index (κ1) is 17.6. The highest BCUT2D eigenvalue weighted by Gasteiger charge is 2.27. The van der Waals surface area contributed by atoms with Crippen molar-refractivity contribution >= 4 is 26.8 Å². The number of aryl methyl sites for hydroxylation is 1. The van der Waals surface area contributed by atoms with E-state index >= 15 is 0 Å². The van der Waals surface area contributed by atoms with Crippen LogP contribution in [0.4, 0.5) is 4.79 Å². The molecule has 0 fully saturated rings. The Hall–Kier alpha value is -2.80. The van der Waals surface area contributed by atoms with Crippen LogP contribution in [-0.4, -0.2) is 30.2 Å². The van der Waals surface area contributed by atoms with Crippen molar-refractivity contribution in [3.05, 3.63) is 59.8 Å². The zero-order chi connectivity index (χ0) is 19.2. The first-order valence-corrected chi connectivity index (χ1v) is 10.3. The fourth-order valence-electron chi connectivity index (χ4n) is 3.96. The third kappa shape index (κ3) is 2.98. The fourth-order valence-corrected chi connectivity index (χ4v) is 5.27. The number of carbonyl (C=O) groups is 1. The molecule has 0 saturated heterocycles. The van der Waals surface area contributed by atoms with Crippen LogP contribution in [0.5, 0.6) is 0 Å². The normalized spacial score (nSPS) is 16.9. The van der Waals surface area contributed by atoms with Crippen LogP contribution in [0.1, 0.15) is 17.7 Å². The summed E-state index contributed by atoms with van der Waals surface area (Å²) in [6.07, 6.45) is 1.02. The van der Waals surface area contributed by atoms with Crippen LogP contribution in [0.25, 0.3) is 10.9 Å². The molecule has 0 unspecified atom stereocenters. The van der Waals surface area contributed by atoms with Gasteiger partial charge in [0.25, 0.3) is 0 Å². The van der Waals surface area contributed by atoms with E-state index in [1.807, 2.05) is 13.1 Å². The average Bonchev–Trinajstić information content (AvgIpc) is 2.94. The summed E-state index contributed by atoms with van der Waals surface area (Å²) in [6, 6.07) is 13.4. The Kier molecular flexibility index (Phi) is 4.19. The maximum atomic E-state index is 13.0. The van der Waals surface area contributed by atoms with E-state index in [2.05, 4.69) is 9.88 Å². The van der Waals surface area contributed by atoms with Crippen molar-refractivity contribution in [1.82, 2.24) is 9.88 Å². The number of nitrogens with one attached hydrogen (secondary N) is 1. The smallest absolute Gasteiger partial charge is 0.404 e. The van der Waals surface area contributed by atoms with Gasteiger partial charge in [0.15, 0.2) is 0 Å². The standard InChI is InChI=1S/C20H20N2O4S/c1-22-18-9-7-13(21-20(23)24)11-16(18)17-12-15(8-10-19(17)22)27(25,26)14-5-3-2-4-6-14/h2-6,8,10,12-13,21H,7,9,11H2,1H3,(H,23,24)/t13-/m1/s1. The summed E-state index contributed by atoms with van der Waals surface area (Å²) < 4.78 is 28.0. The van der Waals surface area contributed by atoms with E-state index in [-0.39, 0.29) is 15.8 Å². The van der Waals surface area contributed by atoms with E-state index in [9.17, 15) is 13.2 Å². The summed E-state index contributed by atoms with van der Waals surface area (Å²) in [4.78, 5) is 11.5. The Labute approximate surface area is 157 Å². The number of sulfone groups is 1. The number of carboxylic acid groups (broad SMARTS) is 1. The number of rotatable bonds is 3. The van der Waals surface area contributed by atoms with E-state index in [0.29, 0.717) is 6.42 Å². The monoisotopic (exact) mass is 384 g/mol. The summed E-state index contributed by atoms with van der Waals surface area (Å²) in [6.45, 7) is 0. The first-order chi connectivity index (χ1) is 12.9. The lowest BCUT2D eigenvalue weighted by molar-refractivity contribution is 0.188. The van der Waals surface area contributed by atoms with Gasteiger partial charge in [-0.2, -0.15) is 0 Å². The molecule has 4 rings (SSSR count). The molecule has 0 spiro atoms. The molecular weight excluding hydrogens is 364 g/mol. The van der Waals surface area contributed by atoms with Crippen LogP contribution in [0.15, 0.2) is 58.3 Å². The van der Waals surface area contributed by atoms with E-state index in [1.54, 1.807) is 42.5 Å². The molecule has 0 saturated carbocycles. The van der Waals surface area contributed by atoms with E-state index in [0.717, 1.165) is 35.0 Å².